The van der Waals surface area contributed by atoms with Crippen molar-refractivity contribution in [2.75, 3.05) is 24.8 Å². The zero-order valence-electron chi connectivity index (χ0n) is 16.1. The van der Waals surface area contributed by atoms with Gasteiger partial charge in [-0.1, -0.05) is 25.1 Å². The number of nitrogens with one attached hydrogen (secondary N) is 1. The highest BCUT2D eigenvalue weighted by atomic mass is 16.5. The number of amides is 1. The molecule has 2 aromatic rings. The summed E-state index contributed by atoms with van der Waals surface area (Å²) in [7, 11) is 1.59. The SMILES string of the molecule is CCC=CCCOc1cccc(NC(=O)c2cc(C)c(COC)nc2N)c1. The van der Waals surface area contributed by atoms with Gasteiger partial charge in [-0.25, -0.2) is 4.98 Å². The smallest absolute Gasteiger partial charge is 0.259 e. The van der Waals surface area contributed by atoms with E-state index < -0.39 is 0 Å². The molecule has 1 aromatic heterocycles. The Kier molecular flexibility index (Phi) is 7.82. The highest BCUT2D eigenvalue weighted by Crippen LogP contribution is 2.21. The van der Waals surface area contributed by atoms with E-state index in [4.69, 9.17) is 15.2 Å². The molecule has 2 rings (SSSR count). The Bertz CT molecular complexity index is 803. The first-order valence-corrected chi connectivity index (χ1v) is 8.99. The third-order valence-electron chi connectivity index (χ3n) is 3.92. The number of nitrogen functional groups attached to an aromatic ring is 1. The molecule has 1 amide bonds. The number of hydrogen-bond acceptors (Lipinski definition) is 5. The monoisotopic (exact) mass is 369 g/mol. The third kappa shape index (κ3) is 6.11. The molecule has 0 unspecified atom stereocenters. The van der Waals surface area contributed by atoms with Crippen LogP contribution in [0.2, 0.25) is 0 Å². The van der Waals surface area contributed by atoms with Crippen LogP contribution in [0.25, 0.3) is 0 Å². The quantitative estimate of drug-likeness (QED) is 0.513. The molecule has 0 saturated carbocycles. The highest BCUT2D eigenvalue weighted by molar-refractivity contribution is 6.07. The Balaban J connectivity index is 2.04. The molecule has 0 bridgehead atoms. The Morgan fingerprint density at radius 2 is 2.11 bits per heavy atom. The molecular formula is C21H27N3O3. The van der Waals surface area contributed by atoms with Gasteiger partial charge in [-0.3, -0.25) is 4.79 Å². The Hall–Kier alpha value is -2.86. The summed E-state index contributed by atoms with van der Waals surface area (Å²) in [6, 6.07) is 9.02. The van der Waals surface area contributed by atoms with Gasteiger partial charge in [0.25, 0.3) is 5.91 Å². The average Bonchev–Trinajstić information content (AvgIpc) is 2.64. The largest absolute Gasteiger partial charge is 0.493 e. The van der Waals surface area contributed by atoms with Crippen LogP contribution in [0.4, 0.5) is 11.5 Å². The number of carbonyl (C=O) groups excluding carboxylic acids is 1. The van der Waals surface area contributed by atoms with E-state index in [0.717, 1.165) is 24.1 Å². The first kappa shape index (κ1) is 20.5. The lowest BCUT2D eigenvalue weighted by atomic mass is 10.1. The highest BCUT2D eigenvalue weighted by Gasteiger charge is 2.14. The van der Waals surface area contributed by atoms with Crippen LogP contribution in [-0.4, -0.2) is 24.6 Å². The molecule has 27 heavy (non-hydrogen) atoms. The van der Waals surface area contributed by atoms with Gasteiger partial charge >= 0.3 is 0 Å². The van der Waals surface area contributed by atoms with E-state index in [9.17, 15) is 4.79 Å². The van der Waals surface area contributed by atoms with Crippen molar-refractivity contribution >= 4 is 17.4 Å². The number of hydrogen-bond donors (Lipinski definition) is 2. The number of pyridine rings is 1. The molecule has 0 aliphatic heterocycles. The van der Waals surface area contributed by atoms with Gasteiger partial charge in [0.15, 0.2) is 0 Å². The lowest BCUT2D eigenvalue weighted by Crippen LogP contribution is -2.16. The van der Waals surface area contributed by atoms with Crippen LogP contribution in [0.15, 0.2) is 42.5 Å². The van der Waals surface area contributed by atoms with Crippen molar-refractivity contribution in [1.29, 1.82) is 0 Å². The molecule has 0 aliphatic rings. The van der Waals surface area contributed by atoms with Gasteiger partial charge in [0, 0.05) is 18.9 Å². The Morgan fingerprint density at radius 1 is 1.30 bits per heavy atom. The van der Waals surface area contributed by atoms with Crippen molar-refractivity contribution in [2.45, 2.75) is 33.3 Å². The van der Waals surface area contributed by atoms with E-state index in [0.29, 0.717) is 30.2 Å². The number of aromatic nitrogens is 1. The minimum atomic E-state index is -0.310. The number of aryl methyl sites for hydroxylation is 1. The summed E-state index contributed by atoms with van der Waals surface area (Å²) in [6.45, 7) is 4.91. The van der Waals surface area contributed by atoms with Crippen LogP contribution < -0.4 is 15.8 Å². The van der Waals surface area contributed by atoms with Crippen LogP contribution in [0.1, 0.15) is 41.4 Å². The number of rotatable bonds is 9. The molecule has 0 saturated heterocycles. The van der Waals surface area contributed by atoms with E-state index >= 15 is 0 Å². The summed E-state index contributed by atoms with van der Waals surface area (Å²) >= 11 is 0. The zero-order chi connectivity index (χ0) is 19.6. The fraction of sp³-hybridized carbons (Fsp3) is 0.333. The summed E-state index contributed by atoms with van der Waals surface area (Å²) in [4.78, 5) is 16.9. The molecule has 6 heteroatoms. The molecule has 0 spiro atoms. The van der Waals surface area contributed by atoms with E-state index in [1.807, 2.05) is 19.1 Å². The molecule has 0 radical (unpaired) electrons. The van der Waals surface area contributed by atoms with Crippen molar-refractivity contribution in [3.8, 4) is 5.75 Å². The molecule has 1 heterocycles. The first-order chi connectivity index (χ1) is 13.0. The molecule has 0 fully saturated rings. The lowest BCUT2D eigenvalue weighted by Gasteiger charge is -2.12. The molecular weight excluding hydrogens is 342 g/mol. The van der Waals surface area contributed by atoms with E-state index in [2.05, 4.69) is 29.4 Å². The number of ether oxygens (including phenoxy) is 2. The van der Waals surface area contributed by atoms with Crippen LogP contribution in [0, 0.1) is 6.92 Å². The first-order valence-electron chi connectivity index (χ1n) is 8.99. The number of benzene rings is 1. The van der Waals surface area contributed by atoms with Crippen LogP contribution in [-0.2, 0) is 11.3 Å². The summed E-state index contributed by atoms with van der Waals surface area (Å²) in [5, 5.41) is 2.84. The summed E-state index contributed by atoms with van der Waals surface area (Å²) < 4.78 is 10.8. The second-order valence-corrected chi connectivity index (χ2v) is 6.12. The maximum Gasteiger partial charge on any atom is 0.259 e. The minimum absolute atomic E-state index is 0.181. The summed E-state index contributed by atoms with van der Waals surface area (Å²) in [5.41, 5.74) is 8.50. The maximum absolute atomic E-state index is 12.6. The van der Waals surface area contributed by atoms with Gasteiger partial charge in [-0.2, -0.15) is 0 Å². The van der Waals surface area contributed by atoms with Gasteiger partial charge in [-0.15, -0.1) is 0 Å². The normalized spacial score (nSPS) is 10.9. The van der Waals surface area contributed by atoms with E-state index in [1.165, 1.54) is 0 Å². The molecule has 144 valence electrons. The fourth-order valence-electron chi connectivity index (χ4n) is 2.52. The van der Waals surface area contributed by atoms with Gasteiger partial charge in [0.1, 0.15) is 11.6 Å². The number of nitrogens with zero attached hydrogens (tertiary/aromatic N) is 1. The number of carbonyl (C=O) groups is 1. The summed E-state index contributed by atoms with van der Waals surface area (Å²) in [5.74, 6) is 0.575. The maximum atomic E-state index is 12.6. The molecule has 0 aliphatic carbocycles. The second-order valence-electron chi connectivity index (χ2n) is 6.12. The van der Waals surface area contributed by atoms with E-state index in [1.54, 1.807) is 25.3 Å². The fourth-order valence-corrected chi connectivity index (χ4v) is 2.52. The predicted octanol–water partition coefficient (Wildman–Crippen LogP) is 4.11. The van der Waals surface area contributed by atoms with Crippen LogP contribution >= 0.6 is 0 Å². The average molecular weight is 369 g/mol. The topological polar surface area (TPSA) is 86.5 Å². The Labute approximate surface area is 160 Å². The third-order valence-corrected chi connectivity index (χ3v) is 3.92. The van der Waals surface area contributed by atoms with Gasteiger partial charge in [0.05, 0.1) is 24.5 Å². The Morgan fingerprint density at radius 3 is 2.85 bits per heavy atom. The van der Waals surface area contributed by atoms with E-state index in [-0.39, 0.29) is 11.7 Å². The van der Waals surface area contributed by atoms with Crippen molar-refractivity contribution in [2.24, 2.45) is 0 Å². The van der Waals surface area contributed by atoms with Crippen molar-refractivity contribution in [3.05, 3.63) is 59.3 Å². The molecule has 0 atom stereocenters. The minimum Gasteiger partial charge on any atom is -0.493 e. The molecule has 1 aromatic carbocycles. The van der Waals surface area contributed by atoms with Crippen molar-refractivity contribution in [1.82, 2.24) is 4.98 Å². The number of methoxy groups -OCH3 is 1. The van der Waals surface area contributed by atoms with Crippen molar-refractivity contribution < 1.29 is 14.3 Å². The lowest BCUT2D eigenvalue weighted by molar-refractivity contribution is 0.102. The standard InChI is InChI=1S/C21H27N3O3/c1-4-5-6-7-11-27-17-10-8-9-16(13-17)23-21(25)18-12-15(2)19(14-26-3)24-20(18)22/h5-6,8-10,12-13H,4,7,11,14H2,1-3H3,(H2,22,24)(H,23,25). The summed E-state index contributed by atoms with van der Waals surface area (Å²) in [6.07, 6.45) is 6.07. The van der Waals surface area contributed by atoms with Gasteiger partial charge < -0.3 is 20.5 Å². The number of nitrogens with two attached hydrogens (primary N) is 1. The van der Waals surface area contributed by atoms with Gasteiger partial charge in [-0.05, 0) is 43.5 Å². The molecule has 6 nitrogen and oxygen atoms in total. The van der Waals surface area contributed by atoms with Crippen LogP contribution in [0.5, 0.6) is 5.75 Å². The zero-order valence-corrected chi connectivity index (χ0v) is 16.1. The number of allylic oxidation sites excluding steroid dienone is 1. The van der Waals surface area contributed by atoms with Crippen molar-refractivity contribution in [3.63, 3.8) is 0 Å². The number of anilines is 2. The van der Waals surface area contributed by atoms with Crippen LogP contribution in [0.3, 0.4) is 0 Å². The second kappa shape index (κ2) is 10.3. The van der Waals surface area contributed by atoms with Gasteiger partial charge in [0.2, 0.25) is 0 Å². The predicted molar refractivity (Wildman–Crippen MR) is 108 cm³/mol. The molecule has 3 N–H and O–H groups in total.